The van der Waals surface area contributed by atoms with Gasteiger partial charge in [0, 0.05) is 22.8 Å². The quantitative estimate of drug-likeness (QED) is 0.237. The molecular formula is C30H30ClNO2. The first kappa shape index (κ1) is 23.7. The molecule has 0 aromatic heterocycles. The summed E-state index contributed by atoms with van der Waals surface area (Å²) in [6.07, 6.45) is 2.59. The third-order valence-electron chi connectivity index (χ3n) is 5.86. The Morgan fingerprint density at radius 1 is 0.941 bits per heavy atom. The molecule has 0 bridgehead atoms. The molecule has 4 rings (SSSR count). The van der Waals surface area contributed by atoms with E-state index in [0.717, 1.165) is 44.5 Å². The van der Waals surface area contributed by atoms with E-state index >= 15 is 0 Å². The highest BCUT2D eigenvalue weighted by Gasteiger charge is 2.15. The van der Waals surface area contributed by atoms with E-state index in [0.29, 0.717) is 26.2 Å². The lowest BCUT2D eigenvalue weighted by molar-refractivity contribution is 0.267. The monoisotopic (exact) mass is 471 g/mol. The van der Waals surface area contributed by atoms with Gasteiger partial charge in [-0.15, -0.1) is 6.58 Å². The molecule has 174 valence electrons. The maximum absolute atomic E-state index is 6.41. The zero-order valence-corrected chi connectivity index (χ0v) is 20.5. The second-order valence-corrected chi connectivity index (χ2v) is 8.61. The van der Waals surface area contributed by atoms with Gasteiger partial charge >= 0.3 is 0 Å². The Morgan fingerprint density at radius 2 is 1.74 bits per heavy atom. The van der Waals surface area contributed by atoms with Crippen molar-refractivity contribution in [1.82, 2.24) is 0 Å². The maximum atomic E-state index is 6.41. The second-order valence-electron chi connectivity index (χ2n) is 8.20. The molecule has 4 heteroatoms. The van der Waals surface area contributed by atoms with Gasteiger partial charge in [-0.3, -0.25) is 0 Å². The maximum Gasteiger partial charge on any atom is 0.165 e. The Kier molecular flexibility index (Phi) is 7.76. The van der Waals surface area contributed by atoms with E-state index in [1.165, 1.54) is 10.8 Å². The van der Waals surface area contributed by atoms with Crippen LogP contribution < -0.4 is 14.8 Å². The second kappa shape index (κ2) is 11.1. The summed E-state index contributed by atoms with van der Waals surface area (Å²) in [5.74, 6) is 1.53. The summed E-state index contributed by atoms with van der Waals surface area (Å²) in [7, 11) is 0. The highest BCUT2D eigenvalue weighted by molar-refractivity contribution is 6.31. The predicted molar refractivity (Wildman–Crippen MR) is 143 cm³/mol. The van der Waals surface area contributed by atoms with Crippen LogP contribution in [0.2, 0.25) is 5.02 Å². The number of anilines is 1. The molecular weight excluding hydrogens is 442 g/mol. The standard InChI is InChI=1S/C30H30ClNO2/c1-4-10-24-17-22(19-32-28-16-9-15-27(31)21(28)3)18-29(33-5-2)30(24)34-20-25-13-8-12-23-11-6-7-14-26(23)25/h4,6-9,11-18,32H,1,5,10,19-20H2,2-3H3. The summed E-state index contributed by atoms with van der Waals surface area (Å²) in [5.41, 5.74) is 5.37. The molecule has 0 atom stereocenters. The molecule has 0 unspecified atom stereocenters. The zero-order chi connectivity index (χ0) is 23.9. The normalized spacial score (nSPS) is 10.8. The zero-order valence-electron chi connectivity index (χ0n) is 19.7. The van der Waals surface area contributed by atoms with Crippen LogP contribution in [0.15, 0.2) is 85.5 Å². The minimum absolute atomic E-state index is 0.463. The number of allylic oxidation sites excluding steroid dienone is 1. The van der Waals surface area contributed by atoms with Crippen LogP contribution >= 0.6 is 11.6 Å². The summed E-state index contributed by atoms with van der Waals surface area (Å²) in [5, 5.41) is 6.66. The minimum atomic E-state index is 0.463. The number of hydrogen-bond donors (Lipinski definition) is 1. The average Bonchev–Trinajstić information content (AvgIpc) is 2.85. The van der Waals surface area contributed by atoms with Crippen molar-refractivity contribution in [2.45, 2.75) is 33.4 Å². The van der Waals surface area contributed by atoms with Crippen molar-refractivity contribution in [2.24, 2.45) is 0 Å². The lowest BCUT2D eigenvalue weighted by atomic mass is 10.0. The molecule has 0 aliphatic heterocycles. The molecule has 4 aromatic carbocycles. The molecule has 0 aliphatic carbocycles. The van der Waals surface area contributed by atoms with Crippen LogP contribution in [0.3, 0.4) is 0 Å². The largest absolute Gasteiger partial charge is 0.490 e. The number of fused-ring (bicyclic) bond motifs is 1. The van der Waals surface area contributed by atoms with Gasteiger partial charge in [0.2, 0.25) is 0 Å². The van der Waals surface area contributed by atoms with Gasteiger partial charge < -0.3 is 14.8 Å². The van der Waals surface area contributed by atoms with Gasteiger partial charge in [-0.05, 0) is 72.0 Å². The molecule has 4 aromatic rings. The summed E-state index contributed by atoms with van der Waals surface area (Å²) in [6, 6.07) is 24.8. The molecule has 0 heterocycles. The van der Waals surface area contributed by atoms with E-state index < -0.39 is 0 Å². The van der Waals surface area contributed by atoms with Crippen LogP contribution in [0.1, 0.15) is 29.2 Å². The summed E-state index contributed by atoms with van der Waals surface area (Å²) >= 11 is 6.28. The first-order chi connectivity index (χ1) is 16.6. The lowest BCUT2D eigenvalue weighted by Gasteiger charge is -2.19. The van der Waals surface area contributed by atoms with Crippen LogP contribution in [0.5, 0.6) is 11.5 Å². The van der Waals surface area contributed by atoms with Crippen LogP contribution in [0.4, 0.5) is 5.69 Å². The van der Waals surface area contributed by atoms with Crippen molar-refractivity contribution in [3.8, 4) is 11.5 Å². The Hall–Kier alpha value is -3.43. The van der Waals surface area contributed by atoms with Gasteiger partial charge in [-0.25, -0.2) is 0 Å². The van der Waals surface area contributed by atoms with Crippen LogP contribution in [0.25, 0.3) is 10.8 Å². The highest BCUT2D eigenvalue weighted by atomic mass is 35.5. The Bertz CT molecular complexity index is 1290. The number of nitrogens with one attached hydrogen (secondary N) is 1. The molecule has 34 heavy (non-hydrogen) atoms. The molecule has 0 radical (unpaired) electrons. The number of ether oxygens (including phenoxy) is 2. The van der Waals surface area contributed by atoms with Gasteiger partial charge in [0.05, 0.1) is 6.61 Å². The van der Waals surface area contributed by atoms with Crippen molar-refractivity contribution >= 4 is 28.1 Å². The van der Waals surface area contributed by atoms with Crippen LogP contribution in [0, 0.1) is 6.92 Å². The fraction of sp³-hybridized carbons (Fsp3) is 0.200. The molecule has 0 spiro atoms. The summed E-state index contributed by atoms with van der Waals surface area (Å²) in [4.78, 5) is 0. The first-order valence-electron chi connectivity index (χ1n) is 11.6. The number of benzene rings is 4. The van der Waals surface area contributed by atoms with E-state index in [-0.39, 0.29) is 0 Å². The Labute approximate surface area is 207 Å². The third-order valence-corrected chi connectivity index (χ3v) is 6.27. The first-order valence-corrected chi connectivity index (χ1v) is 12.0. The fourth-order valence-corrected chi connectivity index (χ4v) is 4.30. The van der Waals surface area contributed by atoms with Crippen molar-refractivity contribution in [2.75, 3.05) is 11.9 Å². The van der Waals surface area contributed by atoms with E-state index in [9.17, 15) is 0 Å². The van der Waals surface area contributed by atoms with Gasteiger partial charge in [0.1, 0.15) is 6.61 Å². The molecule has 0 amide bonds. The van der Waals surface area contributed by atoms with Crippen LogP contribution in [-0.4, -0.2) is 6.61 Å². The number of hydrogen-bond acceptors (Lipinski definition) is 3. The van der Waals surface area contributed by atoms with Crippen molar-refractivity contribution in [3.05, 3.63) is 113 Å². The minimum Gasteiger partial charge on any atom is -0.490 e. The fourth-order valence-electron chi connectivity index (χ4n) is 4.12. The van der Waals surface area contributed by atoms with Gasteiger partial charge in [-0.2, -0.15) is 0 Å². The van der Waals surface area contributed by atoms with Gasteiger partial charge in [0.15, 0.2) is 11.5 Å². The molecule has 3 nitrogen and oxygen atoms in total. The van der Waals surface area contributed by atoms with Crippen molar-refractivity contribution in [1.29, 1.82) is 0 Å². The Morgan fingerprint density at radius 3 is 2.56 bits per heavy atom. The Balaban J connectivity index is 1.62. The van der Waals surface area contributed by atoms with Crippen LogP contribution in [-0.2, 0) is 19.6 Å². The smallest absolute Gasteiger partial charge is 0.165 e. The lowest BCUT2D eigenvalue weighted by Crippen LogP contribution is -2.06. The number of halogens is 1. The number of rotatable bonds is 10. The van der Waals surface area contributed by atoms with E-state index in [1.807, 2.05) is 38.1 Å². The SMILES string of the molecule is C=CCc1cc(CNc2cccc(Cl)c2C)cc(OCC)c1OCc1cccc2ccccc12. The molecule has 0 fully saturated rings. The molecule has 0 saturated carbocycles. The van der Waals surface area contributed by atoms with Crippen molar-refractivity contribution < 1.29 is 9.47 Å². The van der Waals surface area contributed by atoms with Crippen molar-refractivity contribution in [3.63, 3.8) is 0 Å². The topological polar surface area (TPSA) is 30.5 Å². The average molecular weight is 472 g/mol. The summed E-state index contributed by atoms with van der Waals surface area (Å²) < 4.78 is 12.4. The van der Waals surface area contributed by atoms with E-state index in [2.05, 4.69) is 66.5 Å². The third kappa shape index (κ3) is 5.37. The van der Waals surface area contributed by atoms with Gasteiger partial charge in [-0.1, -0.05) is 66.2 Å². The van der Waals surface area contributed by atoms with E-state index in [4.69, 9.17) is 21.1 Å². The predicted octanol–water partition coefficient (Wildman–Crippen LogP) is 8.12. The molecule has 0 saturated heterocycles. The summed E-state index contributed by atoms with van der Waals surface area (Å²) in [6.45, 7) is 9.62. The van der Waals surface area contributed by atoms with Gasteiger partial charge in [0.25, 0.3) is 0 Å². The highest BCUT2D eigenvalue weighted by Crippen LogP contribution is 2.35. The van der Waals surface area contributed by atoms with E-state index in [1.54, 1.807) is 0 Å². The molecule has 1 N–H and O–H groups in total. The molecule has 0 aliphatic rings.